The molecule has 8 heteroatoms. The third-order valence-electron chi connectivity index (χ3n) is 3.91. The van der Waals surface area contributed by atoms with Crippen molar-refractivity contribution in [2.45, 2.75) is 6.92 Å². The summed E-state index contributed by atoms with van der Waals surface area (Å²) in [5.74, 6) is -2.59. The number of urea groups is 1. The molecule has 0 aliphatic carbocycles. The lowest BCUT2D eigenvalue weighted by molar-refractivity contribution is -0.307. The second kappa shape index (κ2) is 7.75. The van der Waals surface area contributed by atoms with E-state index in [2.05, 4.69) is 5.32 Å². The highest BCUT2D eigenvalue weighted by Crippen LogP contribution is 2.23. The van der Waals surface area contributed by atoms with Gasteiger partial charge in [-0.25, -0.2) is 9.69 Å². The smallest absolute Gasteiger partial charge is 0.335 e. The first kappa shape index (κ1) is 18.8. The average Bonchev–Trinajstić information content (AvgIpc) is 2.64. The molecular weight excluding hydrogens is 364 g/mol. The number of anilines is 1. The zero-order valence-corrected chi connectivity index (χ0v) is 14.8. The van der Waals surface area contributed by atoms with Crippen molar-refractivity contribution in [2.24, 2.45) is 0 Å². The predicted octanol–water partition coefficient (Wildman–Crippen LogP) is 0.790. The van der Waals surface area contributed by atoms with Crippen LogP contribution in [0.2, 0.25) is 0 Å². The van der Waals surface area contributed by atoms with Gasteiger partial charge in [0, 0.05) is 0 Å². The Morgan fingerprint density at radius 3 is 2.50 bits per heavy atom. The van der Waals surface area contributed by atoms with E-state index in [1.807, 2.05) is 13.0 Å². The van der Waals surface area contributed by atoms with Gasteiger partial charge in [-0.15, -0.1) is 0 Å². The van der Waals surface area contributed by atoms with Gasteiger partial charge >= 0.3 is 6.03 Å². The summed E-state index contributed by atoms with van der Waals surface area (Å²) in [6.07, 6.45) is 1.34. The zero-order valence-electron chi connectivity index (χ0n) is 14.8. The van der Waals surface area contributed by atoms with E-state index < -0.39 is 30.4 Å². The van der Waals surface area contributed by atoms with Crippen LogP contribution >= 0.6 is 0 Å². The van der Waals surface area contributed by atoms with Crippen LogP contribution in [0.1, 0.15) is 11.1 Å². The fourth-order valence-electron chi connectivity index (χ4n) is 2.63. The molecule has 3 rings (SSSR count). The normalized spacial score (nSPS) is 15.5. The first-order valence-electron chi connectivity index (χ1n) is 8.26. The number of aliphatic carboxylic acids is 1. The van der Waals surface area contributed by atoms with Crippen molar-refractivity contribution in [3.05, 3.63) is 65.2 Å². The van der Waals surface area contributed by atoms with Crippen LogP contribution in [-0.2, 0) is 14.4 Å². The molecule has 28 heavy (non-hydrogen) atoms. The van der Waals surface area contributed by atoms with Gasteiger partial charge < -0.3 is 14.6 Å². The predicted molar refractivity (Wildman–Crippen MR) is 97.1 cm³/mol. The molecule has 0 spiro atoms. The quantitative estimate of drug-likeness (QED) is 0.607. The molecule has 2 aromatic rings. The Bertz CT molecular complexity index is 994. The van der Waals surface area contributed by atoms with Gasteiger partial charge in [0.2, 0.25) is 0 Å². The van der Waals surface area contributed by atoms with Gasteiger partial charge in [0.15, 0.2) is 0 Å². The summed E-state index contributed by atoms with van der Waals surface area (Å²) in [7, 11) is 0. The van der Waals surface area contributed by atoms with Gasteiger partial charge in [-0.05, 0) is 48.4 Å². The molecule has 2 aromatic carbocycles. The Labute approximate surface area is 160 Å². The lowest BCUT2D eigenvalue weighted by Crippen LogP contribution is -2.54. The van der Waals surface area contributed by atoms with Crippen LogP contribution in [0.5, 0.6) is 5.75 Å². The van der Waals surface area contributed by atoms with E-state index in [1.54, 1.807) is 30.3 Å². The number of carbonyl (C=O) groups is 4. The number of barbiturate groups is 1. The average molecular weight is 379 g/mol. The summed E-state index contributed by atoms with van der Waals surface area (Å²) in [6, 6.07) is 12.0. The highest BCUT2D eigenvalue weighted by molar-refractivity contribution is 6.39. The number of nitrogens with zero attached hydrogens (tertiary/aromatic N) is 1. The number of hydrogen-bond donors (Lipinski definition) is 1. The number of nitrogens with one attached hydrogen (secondary N) is 1. The van der Waals surface area contributed by atoms with Gasteiger partial charge in [-0.2, -0.15) is 0 Å². The number of hydrogen-bond acceptors (Lipinski definition) is 6. The second-order valence-electron chi connectivity index (χ2n) is 6.03. The molecule has 0 atom stereocenters. The summed E-state index contributed by atoms with van der Waals surface area (Å²) >= 11 is 0. The number of carboxylic acids is 1. The van der Waals surface area contributed by atoms with Gasteiger partial charge in [0.1, 0.15) is 17.9 Å². The van der Waals surface area contributed by atoms with Crippen LogP contribution < -0.4 is 20.1 Å². The topological polar surface area (TPSA) is 116 Å². The van der Waals surface area contributed by atoms with E-state index in [0.717, 1.165) is 10.5 Å². The molecule has 142 valence electrons. The molecule has 1 aliphatic heterocycles. The van der Waals surface area contributed by atoms with Gasteiger partial charge in [-0.3, -0.25) is 14.9 Å². The Kier molecular flexibility index (Phi) is 5.21. The minimum Gasteiger partial charge on any atom is -0.546 e. The lowest BCUT2D eigenvalue weighted by atomic mass is 10.1. The maximum atomic E-state index is 12.8. The van der Waals surface area contributed by atoms with Crippen molar-refractivity contribution in [2.75, 3.05) is 11.5 Å². The van der Waals surface area contributed by atoms with Gasteiger partial charge in [0.25, 0.3) is 11.8 Å². The molecule has 8 nitrogen and oxygen atoms in total. The van der Waals surface area contributed by atoms with Crippen molar-refractivity contribution >= 4 is 35.6 Å². The molecule has 0 saturated carbocycles. The van der Waals surface area contributed by atoms with Crippen LogP contribution in [-0.4, -0.2) is 30.4 Å². The zero-order chi connectivity index (χ0) is 20.3. The molecule has 0 radical (unpaired) electrons. The highest BCUT2D eigenvalue weighted by atomic mass is 16.5. The van der Waals surface area contributed by atoms with Crippen LogP contribution in [0.3, 0.4) is 0 Å². The minimum atomic E-state index is -1.35. The number of aryl methyl sites for hydroxylation is 1. The van der Waals surface area contributed by atoms with Crippen LogP contribution in [0.4, 0.5) is 10.5 Å². The van der Waals surface area contributed by atoms with Crippen LogP contribution in [0, 0.1) is 6.92 Å². The molecule has 0 aromatic heterocycles. The Morgan fingerprint density at radius 1 is 1.14 bits per heavy atom. The summed E-state index contributed by atoms with van der Waals surface area (Å²) in [5.41, 5.74) is 1.50. The lowest BCUT2D eigenvalue weighted by Gasteiger charge is -2.26. The standard InChI is InChI=1S/C20H16N2O6/c1-12-3-2-4-14(9-12)22-19(26)16(18(25)21-20(22)27)10-13-5-7-15(8-6-13)28-11-17(23)24/h2-10H,11H2,1H3,(H,23,24)(H,21,25,27)/p-1/b16-10+. The SMILES string of the molecule is Cc1cccc(N2C(=O)NC(=O)/C(=C\c3ccc(OCC(=O)[O-])cc3)C2=O)c1. The van der Waals surface area contributed by atoms with Gasteiger partial charge in [0.05, 0.1) is 11.7 Å². The second-order valence-corrected chi connectivity index (χ2v) is 6.03. The Morgan fingerprint density at radius 2 is 1.86 bits per heavy atom. The molecule has 0 unspecified atom stereocenters. The van der Waals surface area contributed by atoms with E-state index in [-0.39, 0.29) is 5.57 Å². The maximum absolute atomic E-state index is 12.8. The number of rotatable bonds is 5. The van der Waals surface area contributed by atoms with Crippen molar-refractivity contribution in [3.63, 3.8) is 0 Å². The highest BCUT2D eigenvalue weighted by Gasteiger charge is 2.36. The molecule has 1 fully saturated rings. The first-order chi connectivity index (χ1) is 13.3. The molecule has 0 bridgehead atoms. The Hall–Kier alpha value is -3.94. The van der Waals surface area contributed by atoms with Crippen LogP contribution in [0.25, 0.3) is 6.08 Å². The third kappa shape index (κ3) is 4.07. The number of imide groups is 2. The first-order valence-corrected chi connectivity index (χ1v) is 8.26. The fourth-order valence-corrected chi connectivity index (χ4v) is 2.63. The minimum absolute atomic E-state index is 0.204. The number of amides is 4. The fraction of sp³-hybridized carbons (Fsp3) is 0.100. The monoisotopic (exact) mass is 379 g/mol. The summed E-state index contributed by atoms with van der Waals surface area (Å²) in [6.45, 7) is 1.23. The largest absolute Gasteiger partial charge is 0.546 e. The van der Waals surface area contributed by atoms with Crippen molar-refractivity contribution in [1.82, 2.24) is 5.32 Å². The van der Waals surface area contributed by atoms with Crippen LogP contribution in [0.15, 0.2) is 54.1 Å². The van der Waals surface area contributed by atoms with Crippen molar-refractivity contribution in [1.29, 1.82) is 0 Å². The molecule has 4 amide bonds. The Balaban J connectivity index is 1.87. The van der Waals surface area contributed by atoms with Crippen molar-refractivity contribution in [3.8, 4) is 5.75 Å². The molecule has 1 aliphatic rings. The summed E-state index contributed by atoms with van der Waals surface area (Å²) in [4.78, 5) is 48.4. The number of benzene rings is 2. The summed E-state index contributed by atoms with van der Waals surface area (Å²) in [5, 5.41) is 12.6. The van der Waals surface area contributed by atoms with E-state index in [9.17, 15) is 24.3 Å². The van der Waals surface area contributed by atoms with E-state index in [1.165, 1.54) is 18.2 Å². The number of carbonyl (C=O) groups excluding carboxylic acids is 4. The number of carboxylic acid groups (broad SMARTS) is 1. The van der Waals surface area contributed by atoms with E-state index in [0.29, 0.717) is 17.0 Å². The molecule has 1 saturated heterocycles. The van der Waals surface area contributed by atoms with E-state index in [4.69, 9.17) is 4.74 Å². The number of ether oxygens (including phenoxy) is 1. The van der Waals surface area contributed by atoms with Crippen molar-refractivity contribution < 1.29 is 29.0 Å². The maximum Gasteiger partial charge on any atom is 0.335 e. The van der Waals surface area contributed by atoms with E-state index >= 15 is 0 Å². The van der Waals surface area contributed by atoms with Gasteiger partial charge in [-0.1, -0.05) is 24.3 Å². The molecular formula is C20H15N2O6-. The molecule has 1 N–H and O–H groups in total. The third-order valence-corrected chi connectivity index (χ3v) is 3.91. The molecule has 1 heterocycles. The summed E-state index contributed by atoms with van der Waals surface area (Å²) < 4.78 is 4.97.